The van der Waals surface area contributed by atoms with Gasteiger partial charge in [0.1, 0.15) is 4.47 Å². The highest BCUT2D eigenvalue weighted by Gasteiger charge is 2.19. The number of nitrogens with zero attached hydrogens (tertiary/aromatic N) is 1. The van der Waals surface area contributed by atoms with Gasteiger partial charge in [-0.05, 0) is 35.8 Å². The van der Waals surface area contributed by atoms with Crippen molar-refractivity contribution >= 4 is 27.5 Å². The van der Waals surface area contributed by atoms with Crippen molar-refractivity contribution in [3.63, 3.8) is 0 Å². The van der Waals surface area contributed by atoms with Crippen LogP contribution < -0.4 is 5.32 Å². The highest BCUT2D eigenvalue weighted by atomic mass is 79.9. The predicted octanol–water partition coefficient (Wildman–Crippen LogP) is 2.51. The summed E-state index contributed by atoms with van der Waals surface area (Å²) in [5.41, 5.74) is 0.100. The molecule has 1 rings (SSSR count). The smallest absolute Gasteiger partial charge is 0.284 e. The van der Waals surface area contributed by atoms with Crippen LogP contribution in [0, 0.1) is 10.1 Å². The minimum absolute atomic E-state index is 0.105. The molecule has 19 heavy (non-hydrogen) atoms. The van der Waals surface area contributed by atoms with Gasteiger partial charge in [-0.3, -0.25) is 14.9 Å². The van der Waals surface area contributed by atoms with E-state index in [-0.39, 0.29) is 27.7 Å². The minimum atomic E-state index is -0.538. The van der Waals surface area contributed by atoms with Crippen LogP contribution in [0.25, 0.3) is 0 Å². The van der Waals surface area contributed by atoms with E-state index in [1.54, 1.807) is 0 Å². The largest absolute Gasteiger partial charge is 0.377 e. The number of halogens is 1. The molecule has 0 bridgehead atoms. The van der Waals surface area contributed by atoms with Gasteiger partial charge in [-0.1, -0.05) is 6.07 Å². The van der Waals surface area contributed by atoms with E-state index in [0.717, 1.165) is 0 Å². The number of nitro benzene ring substituents is 1. The first-order chi connectivity index (χ1) is 8.97. The van der Waals surface area contributed by atoms with Crippen molar-refractivity contribution in [2.45, 2.75) is 20.0 Å². The molecular formula is C12H15BrN2O4. The highest BCUT2D eigenvalue weighted by Crippen LogP contribution is 2.28. The number of rotatable bonds is 6. The van der Waals surface area contributed by atoms with E-state index in [1.807, 2.05) is 13.8 Å². The van der Waals surface area contributed by atoms with Crippen molar-refractivity contribution in [3.8, 4) is 0 Å². The van der Waals surface area contributed by atoms with Crippen LogP contribution in [0.3, 0.4) is 0 Å². The molecule has 6 nitrogen and oxygen atoms in total. The van der Waals surface area contributed by atoms with E-state index in [2.05, 4.69) is 21.2 Å². The van der Waals surface area contributed by atoms with E-state index in [1.165, 1.54) is 18.2 Å². The third-order valence-corrected chi connectivity index (χ3v) is 3.25. The number of carbonyl (C=O) groups is 1. The first kappa shape index (κ1) is 15.6. The van der Waals surface area contributed by atoms with Crippen LogP contribution in [0.15, 0.2) is 22.7 Å². The summed E-state index contributed by atoms with van der Waals surface area (Å²) < 4.78 is 5.47. The molecule has 0 aromatic heterocycles. The summed E-state index contributed by atoms with van der Waals surface area (Å²) in [4.78, 5) is 22.2. The first-order valence-electron chi connectivity index (χ1n) is 5.80. The number of benzene rings is 1. The van der Waals surface area contributed by atoms with Crippen molar-refractivity contribution in [1.82, 2.24) is 5.32 Å². The minimum Gasteiger partial charge on any atom is -0.377 e. The van der Waals surface area contributed by atoms with Crippen LogP contribution in [0.1, 0.15) is 24.2 Å². The van der Waals surface area contributed by atoms with Crippen molar-refractivity contribution < 1.29 is 14.5 Å². The highest BCUT2D eigenvalue weighted by molar-refractivity contribution is 9.10. The molecule has 1 unspecified atom stereocenters. The van der Waals surface area contributed by atoms with Gasteiger partial charge in [-0.15, -0.1) is 0 Å². The second kappa shape index (κ2) is 7.20. The fourth-order valence-corrected chi connectivity index (χ4v) is 2.10. The zero-order chi connectivity index (χ0) is 14.4. The lowest BCUT2D eigenvalue weighted by Gasteiger charge is -2.13. The average molecular weight is 331 g/mol. The van der Waals surface area contributed by atoms with Crippen LogP contribution >= 0.6 is 15.9 Å². The zero-order valence-electron chi connectivity index (χ0n) is 10.7. The molecule has 0 saturated carbocycles. The first-order valence-corrected chi connectivity index (χ1v) is 6.59. The van der Waals surface area contributed by atoms with E-state index in [0.29, 0.717) is 13.2 Å². The van der Waals surface area contributed by atoms with Crippen molar-refractivity contribution in [1.29, 1.82) is 0 Å². The zero-order valence-corrected chi connectivity index (χ0v) is 12.3. The van der Waals surface area contributed by atoms with E-state index in [4.69, 9.17) is 4.74 Å². The monoisotopic (exact) mass is 330 g/mol. The molecule has 104 valence electrons. The van der Waals surface area contributed by atoms with Gasteiger partial charge in [-0.25, -0.2) is 0 Å². The lowest BCUT2D eigenvalue weighted by Crippen LogP contribution is -2.32. The Kier molecular flexibility index (Phi) is 5.91. The van der Waals surface area contributed by atoms with Crippen LogP contribution in [0.2, 0.25) is 0 Å². The molecule has 0 fully saturated rings. The van der Waals surface area contributed by atoms with Gasteiger partial charge < -0.3 is 10.1 Å². The van der Waals surface area contributed by atoms with Crippen LogP contribution in [0.5, 0.6) is 0 Å². The van der Waals surface area contributed by atoms with Crippen molar-refractivity contribution in [2.75, 3.05) is 13.2 Å². The van der Waals surface area contributed by atoms with Crippen molar-refractivity contribution in [3.05, 3.63) is 38.3 Å². The van der Waals surface area contributed by atoms with Gasteiger partial charge in [-0.2, -0.15) is 0 Å². The Morgan fingerprint density at radius 2 is 2.26 bits per heavy atom. The van der Waals surface area contributed by atoms with Crippen LogP contribution in [0.4, 0.5) is 5.69 Å². The molecule has 0 spiro atoms. The summed E-state index contributed by atoms with van der Waals surface area (Å²) in [5, 5.41) is 13.4. The second-order valence-corrected chi connectivity index (χ2v) is 4.66. The molecule has 0 heterocycles. The third kappa shape index (κ3) is 4.29. The Hall–Kier alpha value is -1.47. The number of nitrogens with one attached hydrogen (secondary N) is 1. The van der Waals surface area contributed by atoms with E-state index >= 15 is 0 Å². The van der Waals surface area contributed by atoms with Gasteiger partial charge in [0.05, 0.1) is 16.6 Å². The number of nitro groups is 1. The summed E-state index contributed by atoms with van der Waals surface area (Å²) >= 11 is 3.09. The summed E-state index contributed by atoms with van der Waals surface area (Å²) in [6.07, 6.45) is -0.105. The molecule has 1 aromatic rings. The number of hydrogen-bond acceptors (Lipinski definition) is 4. The Morgan fingerprint density at radius 1 is 1.58 bits per heavy atom. The van der Waals surface area contributed by atoms with E-state index < -0.39 is 4.92 Å². The fourth-order valence-electron chi connectivity index (χ4n) is 1.51. The van der Waals surface area contributed by atoms with Gasteiger partial charge in [0, 0.05) is 19.2 Å². The lowest BCUT2D eigenvalue weighted by molar-refractivity contribution is -0.385. The molecule has 0 radical (unpaired) electrons. The predicted molar refractivity (Wildman–Crippen MR) is 74.2 cm³/mol. The maximum atomic E-state index is 11.9. The maximum Gasteiger partial charge on any atom is 0.284 e. The Morgan fingerprint density at radius 3 is 2.84 bits per heavy atom. The number of ether oxygens (including phenoxy) is 1. The summed E-state index contributed by atoms with van der Waals surface area (Å²) in [6.45, 7) is 4.63. The molecule has 0 saturated heterocycles. The quantitative estimate of drug-likeness (QED) is 0.641. The van der Waals surface area contributed by atoms with Gasteiger partial charge >= 0.3 is 0 Å². The molecule has 1 aromatic carbocycles. The Balaban J connectivity index is 2.78. The third-order valence-electron chi connectivity index (χ3n) is 2.42. The SMILES string of the molecule is CCOC(C)CNC(=O)c1cccc([N+](=O)[O-])c1Br. The van der Waals surface area contributed by atoms with Gasteiger partial charge in [0.2, 0.25) is 0 Å². The molecular weight excluding hydrogens is 316 g/mol. The van der Waals surface area contributed by atoms with Crippen molar-refractivity contribution in [2.24, 2.45) is 0 Å². The molecule has 0 aliphatic heterocycles. The standard InChI is InChI=1S/C12H15BrN2O4/c1-3-19-8(2)7-14-12(16)9-5-4-6-10(11(9)13)15(17)18/h4-6,8H,3,7H2,1-2H3,(H,14,16). The van der Waals surface area contributed by atoms with E-state index in [9.17, 15) is 14.9 Å². The topological polar surface area (TPSA) is 81.5 Å². The van der Waals surface area contributed by atoms with Gasteiger partial charge in [0.15, 0.2) is 0 Å². The molecule has 1 N–H and O–H groups in total. The summed E-state index contributed by atoms with van der Waals surface area (Å²) in [6, 6.07) is 4.34. The fraction of sp³-hybridized carbons (Fsp3) is 0.417. The molecule has 7 heteroatoms. The second-order valence-electron chi connectivity index (χ2n) is 3.87. The van der Waals surface area contributed by atoms with Crippen LogP contribution in [-0.2, 0) is 4.74 Å². The molecule has 0 aliphatic rings. The average Bonchev–Trinajstić information content (AvgIpc) is 2.36. The normalized spacial score (nSPS) is 11.9. The number of amides is 1. The number of carbonyl (C=O) groups excluding carboxylic acids is 1. The molecule has 1 atom stereocenters. The molecule has 0 aliphatic carbocycles. The maximum absolute atomic E-state index is 11.9. The lowest BCUT2D eigenvalue weighted by atomic mass is 10.2. The number of hydrogen-bond donors (Lipinski definition) is 1. The Bertz CT molecular complexity index is 479. The molecule has 1 amide bonds. The van der Waals surface area contributed by atoms with Gasteiger partial charge in [0.25, 0.3) is 11.6 Å². The summed E-state index contributed by atoms with van der Waals surface area (Å²) in [7, 11) is 0. The summed E-state index contributed by atoms with van der Waals surface area (Å²) in [5.74, 6) is -0.373. The van der Waals surface area contributed by atoms with Crippen LogP contribution in [-0.4, -0.2) is 30.1 Å². The Labute approximate surface area is 119 Å².